The Morgan fingerprint density at radius 2 is 1.88 bits per heavy atom. The second kappa shape index (κ2) is 4.49. The van der Waals surface area contributed by atoms with Gasteiger partial charge in [-0.25, -0.2) is 0 Å². The molecule has 0 N–H and O–H groups in total. The Morgan fingerprint density at radius 1 is 1.19 bits per heavy atom. The third-order valence-corrected chi connectivity index (χ3v) is 2.84. The highest BCUT2D eigenvalue weighted by Gasteiger charge is 2.30. The Morgan fingerprint density at radius 3 is 2.38 bits per heavy atom. The van der Waals surface area contributed by atoms with Crippen LogP contribution in [-0.2, 0) is 16.0 Å². The summed E-state index contributed by atoms with van der Waals surface area (Å²) in [6.07, 6.45) is 2.71. The van der Waals surface area contributed by atoms with Crippen LogP contribution in [0.15, 0.2) is 24.4 Å². The third-order valence-electron chi connectivity index (χ3n) is 2.84. The Kier molecular flexibility index (Phi) is 2.86. The quantitative estimate of drug-likeness (QED) is 0.661. The van der Waals surface area contributed by atoms with E-state index in [2.05, 4.69) is 16.0 Å². The molecule has 0 amide bonds. The molecule has 1 aromatic heterocycles. The standard InChI is InChI=1S/C12H16N2O2/c1-2-4-13-10(3-1)5-14(6-11-8-15-11)7-12-9-16-12/h1-4,11-12H,5-9H2. The Balaban J connectivity index is 1.57. The van der Waals surface area contributed by atoms with Gasteiger partial charge in [0.15, 0.2) is 0 Å². The van der Waals surface area contributed by atoms with Crippen molar-refractivity contribution in [2.24, 2.45) is 0 Å². The number of epoxide rings is 2. The maximum absolute atomic E-state index is 5.28. The summed E-state index contributed by atoms with van der Waals surface area (Å²) >= 11 is 0. The molecule has 0 spiro atoms. The molecule has 3 heterocycles. The van der Waals surface area contributed by atoms with Gasteiger partial charge >= 0.3 is 0 Å². The number of aromatic nitrogens is 1. The van der Waals surface area contributed by atoms with Gasteiger partial charge in [-0.05, 0) is 12.1 Å². The van der Waals surface area contributed by atoms with E-state index in [0.29, 0.717) is 12.2 Å². The summed E-state index contributed by atoms with van der Waals surface area (Å²) in [5.41, 5.74) is 1.11. The van der Waals surface area contributed by atoms with Crippen molar-refractivity contribution in [3.8, 4) is 0 Å². The molecule has 0 saturated carbocycles. The summed E-state index contributed by atoms with van der Waals surface area (Å²) < 4.78 is 10.6. The van der Waals surface area contributed by atoms with Crippen LogP contribution in [0.4, 0.5) is 0 Å². The number of rotatable bonds is 6. The van der Waals surface area contributed by atoms with Crippen molar-refractivity contribution in [2.45, 2.75) is 18.8 Å². The van der Waals surface area contributed by atoms with E-state index in [1.54, 1.807) is 0 Å². The Labute approximate surface area is 95.2 Å². The fourth-order valence-corrected chi connectivity index (χ4v) is 1.85. The molecular formula is C12H16N2O2. The molecule has 2 saturated heterocycles. The second-order valence-corrected chi connectivity index (χ2v) is 4.43. The first-order chi connectivity index (χ1) is 7.90. The first kappa shape index (κ1) is 10.2. The maximum Gasteiger partial charge on any atom is 0.0936 e. The van der Waals surface area contributed by atoms with E-state index in [-0.39, 0.29) is 0 Å². The lowest BCUT2D eigenvalue weighted by Crippen LogP contribution is -2.31. The second-order valence-electron chi connectivity index (χ2n) is 4.43. The highest BCUT2D eigenvalue weighted by Crippen LogP contribution is 2.17. The molecule has 2 aliphatic heterocycles. The number of hydrogen-bond donors (Lipinski definition) is 0. The number of ether oxygens (including phenoxy) is 2. The van der Waals surface area contributed by atoms with Gasteiger partial charge in [0.05, 0.1) is 31.1 Å². The smallest absolute Gasteiger partial charge is 0.0936 e. The largest absolute Gasteiger partial charge is 0.372 e. The van der Waals surface area contributed by atoms with Crippen LogP contribution in [0.25, 0.3) is 0 Å². The van der Waals surface area contributed by atoms with E-state index in [1.165, 1.54) is 0 Å². The van der Waals surface area contributed by atoms with Crippen molar-refractivity contribution >= 4 is 0 Å². The minimum absolute atomic E-state index is 0.433. The van der Waals surface area contributed by atoms with Gasteiger partial charge in [-0.2, -0.15) is 0 Å². The molecule has 2 fully saturated rings. The molecule has 0 aliphatic carbocycles. The van der Waals surface area contributed by atoms with Gasteiger partial charge in [0.1, 0.15) is 0 Å². The Bertz CT molecular complexity index is 322. The van der Waals surface area contributed by atoms with Crippen LogP contribution >= 0.6 is 0 Å². The summed E-state index contributed by atoms with van der Waals surface area (Å²) in [6, 6.07) is 6.04. The molecule has 3 rings (SSSR count). The highest BCUT2D eigenvalue weighted by molar-refractivity contribution is 5.03. The van der Waals surface area contributed by atoms with Crippen LogP contribution < -0.4 is 0 Å². The fraction of sp³-hybridized carbons (Fsp3) is 0.583. The summed E-state index contributed by atoms with van der Waals surface area (Å²) in [6.45, 7) is 4.70. The molecule has 0 radical (unpaired) electrons. The van der Waals surface area contributed by atoms with Gasteiger partial charge in [-0.15, -0.1) is 0 Å². The van der Waals surface area contributed by atoms with Crippen molar-refractivity contribution in [1.29, 1.82) is 0 Å². The molecule has 0 bridgehead atoms. The van der Waals surface area contributed by atoms with E-state index >= 15 is 0 Å². The van der Waals surface area contributed by atoms with Crippen LogP contribution in [0, 0.1) is 0 Å². The van der Waals surface area contributed by atoms with Gasteiger partial charge < -0.3 is 9.47 Å². The molecular weight excluding hydrogens is 204 g/mol. The van der Waals surface area contributed by atoms with Crippen LogP contribution in [0.1, 0.15) is 5.69 Å². The van der Waals surface area contributed by atoms with E-state index in [4.69, 9.17) is 9.47 Å². The molecule has 1 aromatic rings. The molecule has 2 aliphatic rings. The first-order valence-corrected chi connectivity index (χ1v) is 5.75. The molecule has 16 heavy (non-hydrogen) atoms. The summed E-state index contributed by atoms with van der Waals surface area (Å²) in [5.74, 6) is 0. The average Bonchev–Trinajstić information content (AvgIpc) is 3.15. The van der Waals surface area contributed by atoms with Gasteiger partial charge in [-0.1, -0.05) is 6.07 Å². The Hall–Kier alpha value is -0.970. The van der Waals surface area contributed by atoms with Crippen molar-refractivity contribution in [3.05, 3.63) is 30.1 Å². The van der Waals surface area contributed by atoms with Gasteiger partial charge in [-0.3, -0.25) is 9.88 Å². The van der Waals surface area contributed by atoms with E-state index in [0.717, 1.165) is 38.5 Å². The first-order valence-electron chi connectivity index (χ1n) is 5.75. The lowest BCUT2D eigenvalue weighted by molar-refractivity contribution is 0.211. The molecule has 0 aromatic carbocycles. The number of pyridine rings is 1. The predicted molar refractivity (Wildman–Crippen MR) is 59.0 cm³/mol. The molecule has 2 unspecified atom stereocenters. The van der Waals surface area contributed by atoms with Crippen molar-refractivity contribution < 1.29 is 9.47 Å². The zero-order valence-electron chi connectivity index (χ0n) is 9.21. The van der Waals surface area contributed by atoms with Crippen LogP contribution in [0.5, 0.6) is 0 Å². The molecule has 86 valence electrons. The lowest BCUT2D eigenvalue weighted by Gasteiger charge is -2.19. The SMILES string of the molecule is c1ccc(CN(CC2CO2)CC2CO2)nc1. The molecule has 4 nitrogen and oxygen atoms in total. The maximum atomic E-state index is 5.28. The normalized spacial score (nSPS) is 27.1. The fourth-order valence-electron chi connectivity index (χ4n) is 1.85. The third kappa shape index (κ3) is 3.01. The number of nitrogens with zero attached hydrogens (tertiary/aromatic N) is 2. The average molecular weight is 220 g/mol. The zero-order chi connectivity index (χ0) is 10.8. The van der Waals surface area contributed by atoms with Crippen LogP contribution in [0.3, 0.4) is 0 Å². The minimum Gasteiger partial charge on any atom is -0.372 e. The molecule has 2 atom stereocenters. The monoisotopic (exact) mass is 220 g/mol. The van der Waals surface area contributed by atoms with Gasteiger partial charge in [0, 0.05) is 25.8 Å². The van der Waals surface area contributed by atoms with Gasteiger partial charge in [0.25, 0.3) is 0 Å². The van der Waals surface area contributed by atoms with Crippen molar-refractivity contribution in [3.63, 3.8) is 0 Å². The predicted octanol–water partition coefficient (Wildman–Crippen LogP) is 0.681. The van der Waals surface area contributed by atoms with E-state index < -0.39 is 0 Å². The summed E-state index contributed by atoms with van der Waals surface area (Å²) in [4.78, 5) is 6.72. The van der Waals surface area contributed by atoms with Crippen LogP contribution in [0.2, 0.25) is 0 Å². The minimum atomic E-state index is 0.433. The highest BCUT2D eigenvalue weighted by atomic mass is 16.6. The lowest BCUT2D eigenvalue weighted by atomic mass is 10.3. The summed E-state index contributed by atoms with van der Waals surface area (Å²) in [7, 11) is 0. The van der Waals surface area contributed by atoms with E-state index in [9.17, 15) is 0 Å². The van der Waals surface area contributed by atoms with Gasteiger partial charge in [0.2, 0.25) is 0 Å². The van der Waals surface area contributed by atoms with E-state index in [1.807, 2.05) is 18.3 Å². The van der Waals surface area contributed by atoms with Crippen molar-refractivity contribution in [2.75, 3.05) is 26.3 Å². The molecule has 4 heteroatoms. The zero-order valence-corrected chi connectivity index (χ0v) is 9.21. The summed E-state index contributed by atoms with van der Waals surface area (Å²) in [5, 5.41) is 0. The van der Waals surface area contributed by atoms with Crippen molar-refractivity contribution in [1.82, 2.24) is 9.88 Å². The number of hydrogen-bond acceptors (Lipinski definition) is 4. The van der Waals surface area contributed by atoms with Crippen LogP contribution in [-0.4, -0.2) is 48.4 Å². The topological polar surface area (TPSA) is 41.2 Å².